The summed E-state index contributed by atoms with van der Waals surface area (Å²) in [6.45, 7) is 4.11. The monoisotopic (exact) mass is 276 g/mol. The van der Waals surface area contributed by atoms with Crippen LogP contribution in [0.5, 0.6) is 6.08 Å². The summed E-state index contributed by atoms with van der Waals surface area (Å²) in [7, 11) is 0. The molecule has 0 aliphatic rings. The van der Waals surface area contributed by atoms with Gasteiger partial charge in [-0.25, -0.2) is 0 Å². The van der Waals surface area contributed by atoms with E-state index in [0.717, 1.165) is 5.56 Å². The van der Waals surface area contributed by atoms with Crippen molar-refractivity contribution in [1.29, 1.82) is 0 Å². The molecule has 0 fully saturated rings. The van der Waals surface area contributed by atoms with Gasteiger partial charge in [-0.2, -0.15) is 4.98 Å². The highest BCUT2D eigenvalue weighted by Gasteiger charge is 2.11. The number of nitrogens with one attached hydrogen (secondary N) is 1. The third-order valence-corrected chi connectivity index (χ3v) is 2.48. The first-order chi connectivity index (χ1) is 9.65. The number of hydrogen-bond donors (Lipinski definition) is 1. The molecule has 0 radical (unpaired) electrons. The van der Waals surface area contributed by atoms with Crippen LogP contribution in [0.1, 0.15) is 31.2 Å². The van der Waals surface area contributed by atoms with Gasteiger partial charge in [0.25, 0.3) is 5.91 Å². The number of rotatable bonds is 6. The highest BCUT2D eigenvalue weighted by atomic mass is 16.6. The lowest BCUT2D eigenvalue weighted by Crippen LogP contribution is -2.28. The highest BCUT2D eigenvalue weighted by Crippen LogP contribution is 2.13. The molecule has 1 N–H and O–H groups in total. The number of carbonyl (C=O) groups excluding carboxylic acids is 1. The maximum absolute atomic E-state index is 11.6. The van der Waals surface area contributed by atoms with Crippen molar-refractivity contribution >= 4 is 5.91 Å². The van der Waals surface area contributed by atoms with Crippen molar-refractivity contribution in [2.75, 3.05) is 6.61 Å². The Labute approximate surface area is 116 Å². The van der Waals surface area contributed by atoms with E-state index >= 15 is 0 Å². The largest absolute Gasteiger partial charge is 0.439 e. The van der Waals surface area contributed by atoms with Gasteiger partial charge in [0.1, 0.15) is 0 Å². The summed E-state index contributed by atoms with van der Waals surface area (Å²) in [4.78, 5) is 19.6. The number of carbonyl (C=O) groups is 1. The molecular formula is C13H16N4O3. The van der Waals surface area contributed by atoms with Crippen molar-refractivity contribution in [2.45, 2.75) is 26.3 Å². The molecule has 2 rings (SSSR count). The Bertz CT molecular complexity index is 554. The van der Waals surface area contributed by atoms with Crippen LogP contribution < -0.4 is 10.1 Å². The molecule has 0 aromatic carbocycles. The molecule has 7 heteroatoms. The minimum Gasteiger partial charge on any atom is -0.439 e. The lowest BCUT2D eigenvalue weighted by atomic mass is 10.2. The van der Waals surface area contributed by atoms with Gasteiger partial charge in [-0.05, 0) is 11.6 Å². The van der Waals surface area contributed by atoms with Gasteiger partial charge in [0, 0.05) is 24.9 Å². The van der Waals surface area contributed by atoms with Crippen LogP contribution in [-0.4, -0.2) is 27.6 Å². The maximum Gasteiger partial charge on any atom is 0.417 e. The van der Waals surface area contributed by atoms with Crippen LogP contribution in [-0.2, 0) is 11.3 Å². The standard InChI is InChI=1S/C13H16N4O3/c1-9(2)12-16-13(20-17-12)19-8-11(18)15-7-10-4-3-5-14-6-10/h3-6,9H,7-8H2,1-2H3,(H,15,18). The van der Waals surface area contributed by atoms with Crippen molar-refractivity contribution in [3.8, 4) is 6.08 Å². The smallest absolute Gasteiger partial charge is 0.417 e. The van der Waals surface area contributed by atoms with Gasteiger partial charge in [0.2, 0.25) is 0 Å². The maximum atomic E-state index is 11.6. The first-order valence-corrected chi connectivity index (χ1v) is 6.27. The predicted octanol–water partition coefficient (Wildman–Crippen LogP) is 1.28. The summed E-state index contributed by atoms with van der Waals surface area (Å²) >= 11 is 0. The Kier molecular flexibility index (Phi) is 4.65. The molecule has 1 amide bonds. The SMILES string of the molecule is CC(C)c1noc(OCC(=O)NCc2cccnc2)n1. The second kappa shape index (κ2) is 6.65. The molecule has 0 saturated carbocycles. The Morgan fingerprint density at radius 2 is 2.35 bits per heavy atom. The van der Waals surface area contributed by atoms with Crippen LogP contribution in [0, 0.1) is 0 Å². The van der Waals surface area contributed by atoms with Crippen molar-refractivity contribution < 1.29 is 14.1 Å². The Hall–Kier alpha value is -2.44. The summed E-state index contributed by atoms with van der Waals surface area (Å²) in [6.07, 6.45) is 3.37. The Balaban J connectivity index is 1.74. The zero-order valence-electron chi connectivity index (χ0n) is 11.4. The highest BCUT2D eigenvalue weighted by molar-refractivity contribution is 5.77. The van der Waals surface area contributed by atoms with Crippen LogP contribution in [0.3, 0.4) is 0 Å². The number of hydrogen-bond acceptors (Lipinski definition) is 6. The first kappa shape index (κ1) is 14.0. The molecule has 0 unspecified atom stereocenters. The number of nitrogens with zero attached hydrogens (tertiary/aromatic N) is 3. The van der Waals surface area contributed by atoms with Crippen LogP contribution in [0.4, 0.5) is 0 Å². The summed E-state index contributed by atoms with van der Waals surface area (Å²) in [5.74, 6) is 0.435. The van der Waals surface area contributed by atoms with E-state index < -0.39 is 0 Å². The van der Waals surface area contributed by atoms with Gasteiger partial charge < -0.3 is 10.1 Å². The van der Waals surface area contributed by atoms with E-state index in [1.807, 2.05) is 26.0 Å². The average Bonchev–Trinajstić information content (AvgIpc) is 2.93. The van der Waals surface area contributed by atoms with E-state index in [9.17, 15) is 4.79 Å². The molecular weight excluding hydrogens is 260 g/mol. The van der Waals surface area contributed by atoms with E-state index in [2.05, 4.69) is 20.4 Å². The lowest BCUT2D eigenvalue weighted by Gasteiger charge is -2.04. The molecule has 7 nitrogen and oxygen atoms in total. The molecule has 2 aromatic heterocycles. The number of amides is 1. The predicted molar refractivity (Wildman–Crippen MR) is 70.0 cm³/mol. The van der Waals surface area contributed by atoms with Crippen LogP contribution >= 0.6 is 0 Å². The summed E-state index contributed by atoms with van der Waals surface area (Å²) in [5.41, 5.74) is 0.917. The third kappa shape index (κ3) is 4.04. The van der Waals surface area contributed by atoms with Crippen molar-refractivity contribution in [2.24, 2.45) is 0 Å². The van der Waals surface area contributed by atoms with Gasteiger partial charge in [0.05, 0.1) is 0 Å². The molecule has 20 heavy (non-hydrogen) atoms. The van der Waals surface area contributed by atoms with Crippen molar-refractivity contribution in [3.63, 3.8) is 0 Å². The van der Waals surface area contributed by atoms with Crippen LogP contribution in [0.15, 0.2) is 29.0 Å². The summed E-state index contributed by atoms with van der Waals surface area (Å²) < 4.78 is 9.98. The fourth-order valence-corrected chi connectivity index (χ4v) is 1.39. The quantitative estimate of drug-likeness (QED) is 0.854. The van der Waals surface area contributed by atoms with Gasteiger partial charge in [-0.3, -0.25) is 14.3 Å². The minimum absolute atomic E-state index is 0.00484. The molecule has 0 saturated heterocycles. The van der Waals surface area contributed by atoms with E-state index in [0.29, 0.717) is 12.4 Å². The molecule has 2 heterocycles. The first-order valence-electron chi connectivity index (χ1n) is 6.27. The molecule has 0 atom stereocenters. The van der Waals surface area contributed by atoms with Crippen LogP contribution in [0.25, 0.3) is 0 Å². The molecule has 106 valence electrons. The topological polar surface area (TPSA) is 90.1 Å². The van der Waals surface area contributed by atoms with Gasteiger partial charge in [-0.1, -0.05) is 25.1 Å². The van der Waals surface area contributed by atoms with E-state index in [4.69, 9.17) is 9.26 Å². The fourth-order valence-electron chi connectivity index (χ4n) is 1.39. The summed E-state index contributed by atoms with van der Waals surface area (Å²) in [5, 5.41) is 6.44. The zero-order chi connectivity index (χ0) is 14.4. The zero-order valence-corrected chi connectivity index (χ0v) is 11.4. The lowest BCUT2D eigenvalue weighted by molar-refractivity contribution is -0.123. The third-order valence-electron chi connectivity index (χ3n) is 2.48. The van der Waals surface area contributed by atoms with Crippen molar-refractivity contribution in [3.05, 3.63) is 35.9 Å². The van der Waals surface area contributed by atoms with Gasteiger partial charge in [0.15, 0.2) is 12.4 Å². The molecule has 0 aliphatic heterocycles. The fraction of sp³-hybridized carbons (Fsp3) is 0.385. The van der Waals surface area contributed by atoms with E-state index in [-0.39, 0.29) is 24.5 Å². The average molecular weight is 276 g/mol. The number of ether oxygens (including phenoxy) is 1. The molecule has 0 spiro atoms. The molecule has 2 aromatic rings. The second-order valence-electron chi connectivity index (χ2n) is 4.50. The normalized spacial score (nSPS) is 10.6. The molecule has 0 bridgehead atoms. The second-order valence-corrected chi connectivity index (χ2v) is 4.50. The van der Waals surface area contributed by atoms with Crippen LogP contribution in [0.2, 0.25) is 0 Å². The minimum atomic E-state index is -0.266. The Morgan fingerprint density at radius 1 is 1.50 bits per heavy atom. The van der Waals surface area contributed by atoms with Crippen molar-refractivity contribution in [1.82, 2.24) is 20.4 Å². The van der Waals surface area contributed by atoms with Gasteiger partial charge in [-0.15, -0.1) is 0 Å². The summed E-state index contributed by atoms with van der Waals surface area (Å²) in [6, 6.07) is 3.69. The van der Waals surface area contributed by atoms with E-state index in [1.54, 1.807) is 12.4 Å². The number of pyridine rings is 1. The molecule has 0 aliphatic carbocycles. The number of aromatic nitrogens is 3. The van der Waals surface area contributed by atoms with E-state index in [1.165, 1.54) is 0 Å². The van der Waals surface area contributed by atoms with Gasteiger partial charge >= 0.3 is 6.08 Å². The Morgan fingerprint density at radius 3 is 3.00 bits per heavy atom.